The van der Waals surface area contributed by atoms with E-state index in [1.165, 1.54) is 24.8 Å². The van der Waals surface area contributed by atoms with E-state index >= 15 is 0 Å². The lowest BCUT2D eigenvalue weighted by Crippen LogP contribution is -2.29. The third-order valence-corrected chi connectivity index (χ3v) is 2.59. The summed E-state index contributed by atoms with van der Waals surface area (Å²) in [6.45, 7) is 5.22. The quantitative estimate of drug-likeness (QED) is 0.604. The fourth-order valence-corrected chi connectivity index (χ4v) is 1.69. The van der Waals surface area contributed by atoms with Crippen molar-refractivity contribution in [2.75, 3.05) is 11.9 Å². The number of aryl methyl sites for hydroxylation is 1. The third-order valence-electron chi connectivity index (χ3n) is 2.34. The monoisotopic (exact) mass is 236 g/mol. The predicted octanol–water partition coefficient (Wildman–Crippen LogP) is 3.47. The van der Waals surface area contributed by atoms with Crippen LogP contribution in [0.2, 0.25) is 0 Å². The van der Waals surface area contributed by atoms with Crippen molar-refractivity contribution in [1.82, 2.24) is 5.32 Å². The molecule has 3 heteroatoms. The summed E-state index contributed by atoms with van der Waals surface area (Å²) in [5.41, 5.74) is 2.28. The molecule has 0 saturated carbocycles. The molecule has 0 aliphatic carbocycles. The fourth-order valence-electron chi connectivity index (χ4n) is 1.48. The van der Waals surface area contributed by atoms with Gasteiger partial charge >= 0.3 is 0 Å². The second-order valence-corrected chi connectivity index (χ2v) is 4.37. The average molecular weight is 236 g/mol. The van der Waals surface area contributed by atoms with Gasteiger partial charge in [0.05, 0.1) is 0 Å². The van der Waals surface area contributed by atoms with Gasteiger partial charge in [0.1, 0.15) is 0 Å². The molecule has 2 nitrogen and oxygen atoms in total. The number of anilines is 1. The molecule has 0 heterocycles. The van der Waals surface area contributed by atoms with Crippen LogP contribution in [0.25, 0.3) is 0 Å². The summed E-state index contributed by atoms with van der Waals surface area (Å²) in [5.74, 6) is 0. The number of benzene rings is 1. The summed E-state index contributed by atoms with van der Waals surface area (Å²) in [6, 6.07) is 8.20. The Balaban J connectivity index is 2.29. The van der Waals surface area contributed by atoms with Gasteiger partial charge in [-0.05, 0) is 43.3 Å². The van der Waals surface area contributed by atoms with Gasteiger partial charge in [-0.1, -0.05) is 31.9 Å². The highest BCUT2D eigenvalue weighted by molar-refractivity contribution is 7.80. The van der Waals surface area contributed by atoms with Crippen molar-refractivity contribution in [3.63, 3.8) is 0 Å². The molecule has 0 radical (unpaired) electrons. The number of hydrogen-bond acceptors (Lipinski definition) is 1. The molecule has 0 atom stereocenters. The summed E-state index contributed by atoms with van der Waals surface area (Å²) >= 11 is 5.21. The Labute approximate surface area is 103 Å². The first kappa shape index (κ1) is 13.0. The van der Waals surface area contributed by atoms with E-state index in [0.717, 1.165) is 12.2 Å². The molecular weight excluding hydrogens is 216 g/mol. The summed E-state index contributed by atoms with van der Waals surface area (Å²) in [4.78, 5) is 0. The van der Waals surface area contributed by atoms with Crippen LogP contribution in [-0.4, -0.2) is 11.7 Å². The molecule has 88 valence electrons. The summed E-state index contributed by atoms with van der Waals surface area (Å²) < 4.78 is 0. The van der Waals surface area contributed by atoms with Crippen molar-refractivity contribution in [3.8, 4) is 0 Å². The van der Waals surface area contributed by atoms with Crippen LogP contribution in [0.3, 0.4) is 0 Å². The highest BCUT2D eigenvalue weighted by Crippen LogP contribution is 2.08. The van der Waals surface area contributed by atoms with E-state index in [1.54, 1.807) is 0 Å². The Morgan fingerprint density at radius 1 is 1.31 bits per heavy atom. The van der Waals surface area contributed by atoms with Crippen molar-refractivity contribution < 1.29 is 0 Å². The minimum absolute atomic E-state index is 0.710. The summed E-state index contributed by atoms with van der Waals surface area (Å²) in [6.07, 6.45) is 3.66. The average Bonchev–Trinajstić information content (AvgIpc) is 2.24. The van der Waals surface area contributed by atoms with Gasteiger partial charge in [0.2, 0.25) is 0 Å². The van der Waals surface area contributed by atoms with Crippen LogP contribution in [0, 0.1) is 6.92 Å². The number of rotatable bonds is 5. The molecule has 0 fully saturated rings. The molecule has 1 aromatic rings. The van der Waals surface area contributed by atoms with Crippen molar-refractivity contribution in [2.24, 2.45) is 0 Å². The molecule has 0 bridgehead atoms. The van der Waals surface area contributed by atoms with E-state index in [-0.39, 0.29) is 0 Å². The van der Waals surface area contributed by atoms with E-state index < -0.39 is 0 Å². The van der Waals surface area contributed by atoms with Crippen LogP contribution >= 0.6 is 12.2 Å². The molecule has 1 rings (SSSR count). The van der Waals surface area contributed by atoms with Gasteiger partial charge < -0.3 is 10.6 Å². The van der Waals surface area contributed by atoms with Crippen molar-refractivity contribution in [3.05, 3.63) is 29.8 Å². The highest BCUT2D eigenvalue weighted by Gasteiger charge is 1.96. The second kappa shape index (κ2) is 7.23. The topological polar surface area (TPSA) is 24.1 Å². The standard InChI is InChI=1S/C13H20N2S/c1-3-4-5-9-14-13(16)15-12-8-6-7-11(2)10-12/h6-8,10H,3-5,9H2,1-2H3,(H2,14,15,16). The fraction of sp³-hybridized carbons (Fsp3) is 0.462. The van der Waals surface area contributed by atoms with E-state index in [2.05, 4.69) is 36.6 Å². The number of hydrogen-bond donors (Lipinski definition) is 2. The Morgan fingerprint density at radius 2 is 2.12 bits per heavy atom. The minimum Gasteiger partial charge on any atom is -0.362 e. The van der Waals surface area contributed by atoms with Gasteiger partial charge in [0.25, 0.3) is 0 Å². The first-order chi connectivity index (χ1) is 7.72. The normalized spacial score (nSPS) is 9.88. The molecule has 0 saturated heterocycles. The lowest BCUT2D eigenvalue weighted by Gasteiger charge is -2.10. The summed E-state index contributed by atoms with van der Waals surface area (Å²) in [7, 11) is 0. The highest BCUT2D eigenvalue weighted by atomic mass is 32.1. The largest absolute Gasteiger partial charge is 0.362 e. The van der Waals surface area contributed by atoms with Crippen molar-refractivity contribution >= 4 is 23.0 Å². The second-order valence-electron chi connectivity index (χ2n) is 3.96. The lowest BCUT2D eigenvalue weighted by molar-refractivity contribution is 0.698. The van der Waals surface area contributed by atoms with Crippen LogP contribution in [0.15, 0.2) is 24.3 Å². The van der Waals surface area contributed by atoms with Gasteiger partial charge in [-0.2, -0.15) is 0 Å². The number of thiocarbonyl (C=S) groups is 1. The van der Waals surface area contributed by atoms with Crippen LogP contribution in [0.4, 0.5) is 5.69 Å². The first-order valence-electron chi connectivity index (χ1n) is 5.84. The van der Waals surface area contributed by atoms with Crippen LogP contribution in [0.1, 0.15) is 31.7 Å². The SMILES string of the molecule is CCCCCNC(=S)Nc1cccc(C)c1. The first-order valence-corrected chi connectivity index (χ1v) is 6.24. The van der Waals surface area contributed by atoms with Gasteiger partial charge in [-0.15, -0.1) is 0 Å². The lowest BCUT2D eigenvalue weighted by atomic mass is 10.2. The molecular formula is C13H20N2S. The van der Waals surface area contributed by atoms with E-state index in [1.807, 2.05) is 12.1 Å². The molecule has 16 heavy (non-hydrogen) atoms. The molecule has 0 amide bonds. The maximum atomic E-state index is 5.21. The van der Waals surface area contributed by atoms with Crippen LogP contribution < -0.4 is 10.6 Å². The number of unbranched alkanes of at least 4 members (excludes halogenated alkanes) is 2. The molecule has 0 aromatic heterocycles. The van der Waals surface area contributed by atoms with Gasteiger partial charge in [0, 0.05) is 12.2 Å². The zero-order chi connectivity index (χ0) is 11.8. The molecule has 0 aliphatic rings. The Bertz CT molecular complexity index is 336. The predicted molar refractivity (Wildman–Crippen MR) is 74.9 cm³/mol. The van der Waals surface area contributed by atoms with E-state index in [0.29, 0.717) is 5.11 Å². The minimum atomic E-state index is 0.710. The van der Waals surface area contributed by atoms with Crippen molar-refractivity contribution in [2.45, 2.75) is 33.1 Å². The van der Waals surface area contributed by atoms with E-state index in [4.69, 9.17) is 12.2 Å². The number of nitrogens with one attached hydrogen (secondary N) is 2. The van der Waals surface area contributed by atoms with Gasteiger partial charge in [-0.3, -0.25) is 0 Å². The molecule has 0 unspecified atom stereocenters. The maximum Gasteiger partial charge on any atom is 0.170 e. The zero-order valence-corrected chi connectivity index (χ0v) is 10.9. The maximum absolute atomic E-state index is 5.21. The van der Waals surface area contributed by atoms with Crippen molar-refractivity contribution in [1.29, 1.82) is 0 Å². The van der Waals surface area contributed by atoms with Crippen LogP contribution in [-0.2, 0) is 0 Å². The zero-order valence-electron chi connectivity index (χ0n) is 10.0. The Morgan fingerprint density at radius 3 is 2.81 bits per heavy atom. The van der Waals surface area contributed by atoms with E-state index in [9.17, 15) is 0 Å². The van der Waals surface area contributed by atoms with Gasteiger partial charge in [0.15, 0.2) is 5.11 Å². The Hall–Kier alpha value is -1.09. The molecule has 0 aliphatic heterocycles. The molecule has 0 spiro atoms. The summed E-state index contributed by atoms with van der Waals surface area (Å²) in [5, 5.41) is 7.10. The third kappa shape index (κ3) is 5.12. The smallest absolute Gasteiger partial charge is 0.170 e. The molecule has 2 N–H and O–H groups in total. The Kier molecular flexibility index (Phi) is 5.86. The van der Waals surface area contributed by atoms with Crippen LogP contribution in [0.5, 0.6) is 0 Å². The van der Waals surface area contributed by atoms with Gasteiger partial charge in [-0.25, -0.2) is 0 Å². The molecule has 1 aromatic carbocycles.